The van der Waals surface area contributed by atoms with E-state index in [-0.39, 0.29) is 42.0 Å². The van der Waals surface area contributed by atoms with Gasteiger partial charge in [-0.1, -0.05) is 30.3 Å². The number of anilines is 1. The number of carbonyl (C=O) groups is 1. The number of allylic oxidation sites excluding steroid dienone is 1. The maximum Gasteiger partial charge on any atom is 0.347 e. The van der Waals surface area contributed by atoms with Crippen molar-refractivity contribution in [3.05, 3.63) is 71.1 Å². The highest BCUT2D eigenvalue weighted by Gasteiger charge is 2.27. The van der Waals surface area contributed by atoms with Crippen molar-refractivity contribution >= 4 is 47.9 Å². The lowest BCUT2D eigenvalue weighted by Gasteiger charge is -2.06. The predicted octanol–water partition coefficient (Wildman–Crippen LogP) is 4.89. The van der Waals surface area contributed by atoms with Crippen molar-refractivity contribution in [1.82, 2.24) is 4.98 Å². The molecule has 0 spiro atoms. The molecule has 0 aliphatic carbocycles. The number of pyridine rings is 1. The Hall–Kier alpha value is -3.58. The Morgan fingerprint density at radius 2 is 2.03 bits per heavy atom. The highest BCUT2D eigenvalue weighted by atomic mass is 35.5. The van der Waals surface area contributed by atoms with Gasteiger partial charge in [0.05, 0.1) is 6.61 Å². The normalized spacial score (nSPS) is 13.0. The monoisotopic (exact) mass is 439 g/mol. The summed E-state index contributed by atoms with van der Waals surface area (Å²) in [5.41, 5.74) is 2.68. The molecule has 31 heavy (non-hydrogen) atoms. The average molecular weight is 440 g/mol. The van der Waals surface area contributed by atoms with Crippen LogP contribution in [0.2, 0.25) is 0 Å². The van der Waals surface area contributed by atoms with Crippen LogP contribution in [0.25, 0.3) is 11.6 Å². The van der Waals surface area contributed by atoms with Gasteiger partial charge >= 0.3 is 5.97 Å². The number of carbonyl (C=O) groups excluding carboxylic acids is 1. The van der Waals surface area contributed by atoms with E-state index in [1.54, 1.807) is 25.4 Å². The molecule has 0 radical (unpaired) electrons. The number of fused-ring (bicyclic) bond motifs is 1. The summed E-state index contributed by atoms with van der Waals surface area (Å²) in [4.78, 5) is 20.9. The van der Waals surface area contributed by atoms with Crippen LogP contribution in [0.1, 0.15) is 34.2 Å². The van der Waals surface area contributed by atoms with Crippen molar-refractivity contribution in [2.45, 2.75) is 13.3 Å². The number of hydrogen-bond donors (Lipinski definition) is 2. The molecule has 4 rings (SSSR count). The number of furan rings is 1. The van der Waals surface area contributed by atoms with Crippen LogP contribution >= 0.6 is 12.4 Å². The molecule has 0 unspecified atom stereocenters. The molecule has 7 nitrogen and oxygen atoms in total. The van der Waals surface area contributed by atoms with Crippen molar-refractivity contribution in [2.24, 2.45) is 4.99 Å². The minimum atomic E-state index is -0.646. The lowest BCUT2D eigenvalue weighted by Crippen LogP contribution is -2.10. The number of nitrogens with zero attached hydrogens (tertiary/aromatic N) is 2. The molecule has 1 aromatic carbocycles. The van der Waals surface area contributed by atoms with Gasteiger partial charge in [-0.15, -0.1) is 12.4 Å². The zero-order valence-corrected chi connectivity index (χ0v) is 17.7. The zero-order valence-electron chi connectivity index (χ0n) is 16.9. The second-order valence-corrected chi connectivity index (χ2v) is 6.63. The molecule has 0 bridgehead atoms. The van der Waals surface area contributed by atoms with Crippen LogP contribution in [0.15, 0.2) is 58.1 Å². The summed E-state index contributed by atoms with van der Waals surface area (Å²) in [6.45, 7) is 2.42. The Balaban J connectivity index is 0.00000272. The lowest BCUT2D eigenvalue weighted by molar-refractivity contribution is 0.0524. The Bertz CT molecular complexity index is 1120. The van der Waals surface area contributed by atoms with Gasteiger partial charge in [0.1, 0.15) is 0 Å². The minimum absolute atomic E-state index is 0. The molecule has 8 heteroatoms. The van der Waals surface area contributed by atoms with E-state index in [0.717, 1.165) is 23.1 Å². The summed E-state index contributed by atoms with van der Waals surface area (Å²) in [6, 6.07) is 13.6. The fraction of sp³-hybridized carbons (Fsp3) is 0.174. The van der Waals surface area contributed by atoms with Crippen LogP contribution in [0, 0.1) is 0 Å². The van der Waals surface area contributed by atoms with Gasteiger partial charge in [0.15, 0.2) is 22.9 Å². The van der Waals surface area contributed by atoms with E-state index in [1.807, 2.05) is 42.5 Å². The number of aromatic hydroxyl groups is 1. The number of aromatic nitrogens is 1. The molecule has 2 aromatic heterocycles. The van der Waals surface area contributed by atoms with Gasteiger partial charge in [0.25, 0.3) is 0 Å². The van der Waals surface area contributed by atoms with Gasteiger partial charge in [-0.2, -0.15) is 0 Å². The number of aliphatic imine (C=N–C) groups is 1. The van der Waals surface area contributed by atoms with Gasteiger partial charge in [-0.05, 0) is 37.1 Å². The zero-order chi connectivity index (χ0) is 20.9. The smallest absolute Gasteiger partial charge is 0.347 e. The second kappa shape index (κ2) is 9.95. The summed E-state index contributed by atoms with van der Waals surface area (Å²) in [7, 11) is 0. The number of rotatable bonds is 7. The first kappa shape index (κ1) is 22.1. The van der Waals surface area contributed by atoms with Crippen molar-refractivity contribution < 1.29 is 19.1 Å². The number of nitrogens with one attached hydrogen (secondary N) is 1. The lowest BCUT2D eigenvalue weighted by atomic mass is 10.1. The molecule has 0 fully saturated rings. The van der Waals surface area contributed by atoms with Crippen LogP contribution in [-0.2, 0) is 11.2 Å². The number of hydrogen-bond acceptors (Lipinski definition) is 7. The quantitative estimate of drug-likeness (QED) is 0.509. The number of ether oxygens (including phenoxy) is 1. The van der Waals surface area contributed by atoms with E-state index < -0.39 is 5.97 Å². The van der Waals surface area contributed by atoms with Crippen LogP contribution in [0.3, 0.4) is 0 Å². The molecule has 0 saturated carbocycles. The molecular formula is C23H22ClN3O4. The summed E-state index contributed by atoms with van der Waals surface area (Å²) < 4.78 is 10.9. The molecule has 0 amide bonds. The average Bonchev–Trinajstić information content (AvgIpc) is 3.30. The summed E-state index contributed by atoms with van der Waals surface area (Å²) in [6.07, 6.45) is 5.67. The molecule has 1 aliphatic heterocycles. The topological polar surface area (TPSA) is 97.0 Å². The highest BCUT2D eigenvalue weighted by molar-refractivity contribution is 6.21. The van der Waals surface area contributed by atoms with Crippen molar-refractivity contribution in [3.8, 4) is 5.75 Å². The van der Waals surface area contributed by atoms with E-state index in [9.17, 15) is 9.90 Å². The van der Waals surface area contributed by atoms with Crippen molar-refractivity contribution in [2.75, 3.05) is 18.5 Å². The molecule has 2 N–H and O–H groups in total. The summed E-state index contributed by atoms with van der Waals surface area (Å²) in [5.74, 6) is 0.0109. The maximum absolute atomic E-state index is 12.4. The van der Waals surface area contributed by atoms with E-state index in [4.69, 9.17) is 9.15 Å². The van der Waals surface area contributed by atoms with Gasteiger partial charge in [-0.25, -0.2) is 14.8 Å². The van der Waals surface area contributed by atoms with Crippen LogP contribution in [0.4, 0.5) is 11.7 Å². The third-order valence-corrected chi connectivity index (χ3v) is 4.64. The van der Waals surface area contributed by atoms with Crippen LogP contribution in [0.5, 0.6) is 5.75 Å². The van der Waals surface area contributed by atoms with Gasteiger partial charge < -0.3 is 19.6 Å². The molecule has 1 aliphatic rings. The first-order valence-corrected chi connectivity index (χ1v) is 9.69. The van der Waals surface area contributed by atoms with E-state index in [0.29, 0.717) is 12.4 Å². The van der Waals surface area contributed by atoms with Crippen LogP contribution < -0.4 is 5.32 Å². The Labute approximate surface area is 185 Å². The maximum atomic E-state index is 12.4. The number of halogens is 1. The fourth-order valence-electron chi connectivity index (χ4n) is 3.20. The number of esters is 1. The predicted molar refractivity (Wildman–Crippen MR) is 122 cm³/mol. The first-order valence-electron chi connectivity index (χ1n) is 9.69. The van der Waals surface area contributed by atoms with E-state index in [1.165, 1.54) is 0 Å². The molecule has 160 valence electrons. The third kappa shape index (κ3) is 4.78. The second-order valence-electron chi connectivity index (χ2n) is 6.63. The van der Waals surface area contributed by atoms with Gasteiger partial charge in [0.2, 0.25) is 5.88 Å². The highest BCUT2D eigenvalue weighted by Crippen LogP contribution is 2.38. The Morgan fingerprint density at radius 1 is 1.23 bits per heavy atom. The molecule has 3 heterocycles. The van der Waals surface area contributed by atoms with Crippen molar-refractivity contribution in [1.29, 1.82) is 0 Å². The molecule has 0 saturated heterocycles. The van der Waals surface area contributed by atoms with E-state index >= 15 is 0 Å². The minimum Gasteiger partial charge on any atom is -0.504 e. The number of benzene rings is 1. The Kier molecular flexibility index (Phi) is 7.10. The Morgan fingerprint density at radius 3 is 2.81 bits per heavy atom. The fourth-order valence-corrected chi connectivity index (χ4v) is 3.20. The molecule has 0 atom stereocenters. The third-order valence-electron chi connectivity index (χ3n) is 4.64. The van der Waals surface area contributed by atoms with Gasteiger partial charge in [-0.3, -0.25) is 0 Å². The largest absolute Gasteiger partial charge is 0.504 e. The SMILES string of the molecule is CCOC(=O)c1c(NCCc2ccccc2)oc(C=C2C=Nc3ncccc32)c1O.Cl. The first-order chi connectivity index (χ1) is 14.7. The molecular weight excluding hydrogens is 418 g/mol. The molecule has 3 aromatic rings. The summed E-state index contributed by atoms with van der Waals surface area (Å²) >= 11 is 0. The van der Waals surface area contributed by atoms with Crippen molar-refractivity contribution in [3.63, 3.8) is 0 Å². The van der Waals surface area contributed by atoms with Crippen LogP contribution in [-0.4, -0.2) is 35.4 Å². The summed E-state index contributed by atoms with van der Waals surface area (Å²) in [5, 5.41) is 13.8. The van der Waals surface area contributed by atoms with Gasteiger partial charge in [0, 0.05) is 30.1 Å². The van der Waals surface area contributed by atoms with E-state index in [2.05, 4.69) is 15.3 Å². The standard InChI is InChI=1S/C23H21N3O4.ClH/c1-2-29-23(28)19-20(27)18(13-16-14-26-21-17(16)9-6-11-24-21)30-22(19)25-12-10-15-7-4-3-5-8-15;/h3-9,11,13-14,25,27H,2,10,12H2,1H3;1H.